The number of halogens is 1. The van der Waals surface area contributed by atoms with Crippen molar-refractivity contribution in [3.63, 3.8) is 0 Å². The minimum absolute atomic E-state index is 0.00703. The molecule has 2 aromatic carbocycles. The number of likely N-dealkylation sites (N-methyl/N-ethyl adjacent to an activating group) is 2. The number of hydrogen-bond donors (Lipinski definition) is 0. The molecule has 0 saturated carbocycles. The monoisotopic (exact) mass is 415 g/mol. The maximum atomic E-state index is 14.0. The number of aromatic nitrogens is 1. The van der Waals surface area contributed by atoms with Gasteiger partial charge in [0.1, 0.15) is 5.01 Å². The van der Waals surface area contributed by atoms with Crippen molar-refractivity contribution < 1.29 is 13.9 Å². The standard InChI is InChI=1S/C22H26FN3O2S/c1-5-26(13-16-10-11-19(28-4)17(23)12-16)14-21(27)25(3)15(2)22-24-18-8-6-7-9-20(18)29-22/h6-12,15H,5,13-14H2,1-4H3/t15-/m0/s1. The predicted molar refractivity (Wildman–Crippen MR) is 115 cm³/mol. The predicted octanol–water partition coefficient (Wildman–Crippen LogP) is 4.49. The highest BCUT2D eigenvalue weighted by molar-refractivity contribution is 7.18. The first-order valence-electron chi connectivity index (χ1n) is 9.58. The zero-order valence-electron chi connectivity index (χ0n) is 17.2. The molecular formula is C22H26FN3O2S. The third kappa shape index (κ3) is 4.92. The van der Waals surface area contributed by atoms with E-state index in [0.717, 1.165) is 20.8 Å². The van der Waals surface area contributed by atoms with E-state index < -0.39 is 5.82 Å². The van der Waals surface area contributed by atoms with Gasteiger partial charge in [0.2, 0.25) is 5.91 Å². The van der Waals surface area contributed by atoms with Gasteiger partial charge in [0, 0.05) is 13.6 Å². The van der Waals surface area contributed by atoms with Gasteiger partial charge in [-0.05, 0) is 43.3 Å². The van der Waals surface area contributed by atoms with E-state index in [0.29, 0.717) is 13.1 Å². The first-order valence-corrected chi connectivity index (χ1v) is 10.4. The Hall–Kier alpha value is -2.51. The number of hydrogen-bond acceptors (Lipinski definition) is 5. The fraction of sp³-hybridized carbons (Fsp3) is 0.364. The molecule has 7 heteroatoms. The van der Waals surface area contributed by atoms with Crippen LogP contribution in [-0.4, -0.2) is 47.9 Å². The molecule has 29 heavy (non-hydrogen) atoms. The number of ether oxygens (including phenoxy) is 1. The molecule has 3 aromatic rings. The Kier molecular flexibility index (Phi) is 6.82. The maximum Gasteiger partial charge on any atom is 0.237 e. The minimum atomic E-state index is -0.394. The van der Waals surface area contributed by atoms with Crippen LogP contribution in [0.5, 0.6) is 5.75 Å². The van der Waals surface area contributed by atoms with Gasteiger partial charge in [0.05, 0.1) is 29.9 Å². The zero-order valence-corrected chi connectivity index (χ0v) is 18.0. The highest BCUT2D eigenvalue weighted by Crippen LogP contribution is 2.29. The second kappa shape index (κ2) is 9.33. The average molecular weight is 416 g/mol. The first kappa shape index (κ1) is 21.2. The van der Waals surface area contributed by atoms with E-state index in [1.165, 1.54) is 13.2 Å². The Bertz CT molecular complexity index is 958. The van der Waals surface area contributed by atoms with Crippen molar-refractivity contribution in [2.45, 2.75) is 26.4 Å². The van der Waals surface area contributed by atoms with Crippen LogP contribution in [-0.2, 0) is 11.3 Å². The van der Waals surface area contributed by atoms with Gasteiger partial charge in [-0.1, -0.05) is 25.1 Å². The van der Waals surface area contributed by atoms with Crippen molar-refractivity contribution in [3.05, 3.63) is 58.9 Å². The summed E-state index contributed by atoms with van der Waals surface area (Å²) in [5.74, 6) is -0.168. The van der Waals surface area contributed by atoms with Crippen molar-refractivity contribution in [2.24, 2.45) is 0 Å². The molecule has 154 valence electrons. The fourth-order valence-electron chi connectivity index (χ4n) is 3.10. The summed E-state index contributed by atoms with van der Waals surface area (Å²) in [6.45, 7) is 5.42. The van der Waals surface area contributed by atoms with E-state index in [4.69, 9.17) is 4.74 Å². The Balaban J connectivity index is 1.65. The lowest BCUT2D eigenvalue weighted by Crippen LogP contribution is -2.39. The van der Waals surface area contributed by atoms with Gasteiger partial charge in [-0.2, -0.15) is 0 Å². The quantitative estimate of drug-likeness (QED) is 0.544. The van der Waals surface area contributed by atoms with Crippen molar-refractivity contribution in [3.8, 4) is 5.75 Å². The molecule has 0 spiro atoms. The molecule has 0 aliphatic carbocycles. The Morgan fingerprint density at radius 2 is 2.03 bits per heavy atom. The smallest absolute Gasteiger partial charge is 0.237 e. The number of carbonyl (C=O) groups excluding carboxylic acids is 1. The van der Waals surface area contributed by atoms with Crippen molar-refractivity contribution >= 4 is 27.5 Å². The average Bonchev–Trinajstić information content (AvgIpc) is 3.16. The van der Waals surface area contributed by atoms with Crippen LogP contribution in [0.4, 0.5) is 4.39 Å². The number of fused-ring (bicyclic) bond motifs is 1. The van der Waals surface area contributed by atoms with Gasteiger partial charge in [0.25, 0.3) is 0 Å². The second-order valence-corrected chi connectivity index (χ2v) is 8.03. The highest BCUT2D eigenvalue weighted by atomic mass is 32.1. The summed E-state index contributed by atoms with van der Waals surface area (Å²) < 4.78 is 20.0. The molecular weight excluding hydrogens is 389 g/mol. The van der Waals surface area contributed by atoms with Crippen LogP contribution in [0, 0.1) is 5.82 Å². The molecule has 1 amide bonds. The van der Waals surface area contributed by atoms with Crippen molar-refractivity contribution in [1.82, 2.24) is 14.8 Å². The van der Waals surface area contributed by atoms with Crippen LogP contribution in [0.25, 0.3) is 10.2 Å². The zero-order chi connectivity index (χ0) is 21.0. The van der Waals surface area contributed by atoms with Gasteiger partial charge in [-0.3, -0.25) is 9.69 Å². The summed E-state index contributed by atoms with van der Waals surface area (Å²) in [6, 6.07) is 12.8. The molecule has 0 aliphatic heterocycles. The van der Waals surface area contributed by atoms with Crippen LogP contribution in [0.2, 0.25) is 0 Å². The topological polar surface area (TPSA) is 45.7 Å². The van der Waals surface area contributed by atoms with E-state index >= 15 is 0 Å². The summed E-state index contributed by atoms with van der Waals surface area (Å²) in [5, 5.41) is 0.919. The molecule has 0 fully saturated rings. The van der Waals surface area contributed by atoms with Gasteiger partial charge in [-0.25, -0.2) is 9.37 Å². The van der Waals surface area contributed by atoms with Crippen LogP contribution < -0.4 is 4.74 Å². The lowest BCUT2D eigenvalue weighted by Gasteiger charge is -2.27. The summed E-state index contributed by atoms with van der Waals surface area (Å²) in [6.07, 6.45) is 0. The molecule has 1 aromatic heterocycles. The number of nitrogens with zero attached hydrogens (tertiary/aromatic N) is 3. The Morgan fingerprint density at radius 3 is 2.69 bits per heavy atom. The largest absolute Gasteiger partial charge is 0.494 e. The number of thiazole rings is 1. The number of amides is 1. The van der Waals surface area contributed by atoms with E-state index in [2.05, 4.69) is 4.98 Å². The van der Waals surface area contributed by atoms with E-state index in [1.807, 2.05) is 49.1 Å². The molecule has 0 radical (unpaired) electrons. The van der Waals surface area contributed by atoms with Gasteiger partial charge >= 0.3 is 0 Å². The molecule has 3 rings (SSSR count). The van der Waals surface area contributed by atoms with Crippen LogP contribution in [0.15, 0.2) is 42.5 Å². The second-order valence-electron chi connectivity index (χ2n) is 6.97. The number of rotatable bonds is 8. The summed E-state index contributed by atoms with van der Waals surface area (Å²) >= 11 is 1.61. The molecule has 0 saturated heterocycles. The molecule has 0 N–H and O–H groups in total. The SMILES string of the molecule is CCN(CC(=O)N(C)[C@@H](C)c1nc2ccccc2s1)Cc1ccc(OC)c(F)c1. The number of para-hydroxylation sites is 1. The van der Waals surface area contributed by atoms with Gasteiger partial charge in [0.15, 0.2) is 11.6 Å². The molecule has 0 bridgehead atoms. The first-order chi connectivity index (χ1) is 13.9. The number of benzene rings is 2. The lowest BCUT2D eigenvalue weighted by atomic mass is 10.2. The van der Waals surface area contributed by atoms with Crippen LogP contribution in [0.3, 0.4) is 0 Å². The highest BCUT2D eigenvalue weighted by Gasteiger charge is 2.22. The number of methoxy groups -OCH3 is 1. The Morgan fingerprint density at radius 1 is 1.28 bits per heavy atom. The summed E-state index contributed by atoms with van der Waals surface area (Å²) in [5.41, 5.74) is 1.76. The molecule has 0 aliphatic rings. The Labute approximate surface area is 174 Å². The van der Waals surface area contributed by atoms with Crippen molar-refractivity contribution in [2.75, 3.05) is 27.2 Å². The fourth-order valence-corrected chi connectivity index (χ4v) is 4.16. The van der Waals surface area contributed by atoms with E-state index in [-0.39, 0.29) is 24.2 Å². The normalized spacial score (nSPS) is 12.3. The van der Waals surface area contributed by atoms with Crippen LogP contribution in [0.1, 0.15) is 30.5 Å². The molecule has 5 nitrogen and oxygen atoms in total. The van der Waals surface area contributed by atoms with E-state index in [1.54, 1.807) is 29.4 Å². The molecule has 0 unspecified atom stereocenters. The van der Waals surface area contributed by atoms with Gasteiger partial charge < -0.3 is 9.64 Å². The maximum absolute atomic E-state index is 14.0. The lowest BCUT2D eigenvalue weighted by molar-refractivity contribution is -0.133. The molecule has 1 atom stereocenters. The minimum Gasteiger partial charge on any atom is -0.494 e. The van der Waals surface area contributed by atoms with Crippen molar-refractivity contribution in [1.29, 1.82) is 0 Å². The third-order valence-corrected chi connectivity index (χ3v) is 6.28. The van der Waals surface area contributed by atoms with Crippen LogP contribution >= 0.6 is 11.3 Å². The number of carbonyl (C=O) groups is 1. The van der Waals surface area contributed by atoms with E-state index in [9.17, 15) is 9.18 Å². The summed E-state index contributed by atoms with van der Waals surface area (Å²) in [7, 11) is 3.25. The third-order valence-electron chi connectivity index (χ3n) is 5.07. The van der Waals surface area contributed by atoms with Gasteiger partial charge in [-0.15, -0.1) is 11.3 Å². The summed E-state index contributed by atoms with van der Waals surface area (Å²) in [4.78, 5) is 21.3. The molecule has 1 heterocycles.